The first-order chi connectivity index (χ1) is 8.70. The van der Waals surface area contributed by atoms with E-state index in [0.29, 0.717) is 15.7 Å². The molecule has 1 aliphatic heterocycles. The van der Waals surface area contributed by atoms with Crippen molar-refractivity contribution in [3.63, 3.8) is 0 Å². The number of amides is 2. The van der Waals surface area contributed by atoms with Gasteiger partial charge in [0, 0.05) is 11.8 Å². The first kappa shape index (κ1) is 14.3. The number of fused-ring (bicyclic) bond motifs is 1. The molecule has 0 spiro atoms. The standard InChI is InChI=1S/C12H12BrClN2O3/c1-12(2,3)19-11(18)16-5-6-8(10(16)17)7(14)4-15-9(6)13/h4H,5H2,1-3H3. The monoisotopic (exact) mass is 346 g/mol. The molecule has 2 rings (SSSR count). The van der Waals surface area contributed by atoms with Crippen LogP contribution in [0, 0.1) is 0 Å². The van der Waals surface area contributed by atoms with E-state index in [1.54, 1.807) is 20.8 Å². The molecule has 102 valence electrons. The Kier molecular flexibility index (Phi) is 3.57. The van der Waals surface area contributed by atoms with Crippen molar-refractivity contribution in [3.05, 3.63) is 26.9 Å². The molecule has 2 amide bonds. The van der Waals surface area contributed by atoms with Gasteiger partial charge in [0.2, 0.25) is 0 Å². The summed E-state index contributed by atoms with van der Waals surface area (Å²) in [7, 11) is 0. The van der Waals surface area contributed by atoms with Crippen LogP contribution in [0.3, 0.4) is 0 Å². The van der Waals surface area contributed by atoms with Crippen molar-refractivity contribution in [1.29, 1.82) is 0 Å². The highest BCUT2D eigenvalue weighted by molar-refractivity contribution is 9.10. The molecule has 2 heterocycles. The second kappa shape index (κ2) is 4.76. The van der Waals surface area contributed by atoms with Crippen LogP contribution in [0.15, 0.2) is 10.8 Å². The lowest BCUT2D eigenvalue weighted by Gasteiger charge is -2.23. The van der Waals surface area contributed by atoms with Crippen LogP contribution >= 0.6 is 27.5 Å². The van der Waals surface area contributed by atoms with E-state index >= 15 is 0 Å². The van der Waals surface area contributed by atoms with Gasteiger partial charge >= 0.3 is 6.09 Å². The van der Waals surface area contributed by atoms with Crippen molar-refractivity contribution >= 4 is 39.5 Å². The average Bonchev–Trinajstić information content (AvgIpc) is 2.61. The van der Waals surface area contributed by atoms with Crippen molar-refractivity contribution in [3.8, 4) is 0 Å². The van der Waals surface area contributed by atoms with Crippen molar-refractivity contribution in [2.45, 2.75) is 32.9 Å². The molecule has 1 aromatic rings. The lowest BCUT2D eigenvalue weighted by Crippen LogP contribution is -2.36. The maximum absolute atomic E-state index is 12.2. The number of pyridine rings is 1. The minimum atomic E-state index is -0.684. The highest BCUT2D eigenvalue weighted by atomic mass is 79.9. The van der Waals surface area contributed by atoms with E-state index in [1.807, 2.05) is 0 Å². The third-order valence-corrected chi connectivity index (χ3v) is 3.44. The molecule has 0 bridgehead atoms. The molecule has 0 N–H and O–H groups in total. The highest BCUT2D eigenvalue weighted by Crippen LogP contribution is 2.33. The third kappa shape index (κ3) is 2.74. The molecule has 0 fully saturated rings. The zero-order chi connectivity index (χ0) is 14.4. The average molecular weight is 348 g/mol. The minimum Gasteiger partial charge on any atom is -0.443 e. The van der Waals surface area contributed by atoms with Crippen LogP contribution in [-0.2, 0) is 11.3 Å². The highest BCUT2D eigenvalue weighted by Gasteiger charge is 2.38. The second-order valence-corrected chi connectivity index (χ2v) is 6.28. The smallest absolute Gasteiger partial charge is 0.417 e. The van der Waals surface area contributed by atoms with Crippen LogP contribution in [0.5, 0.6) is 0 Å². The fourth-order valence-corrected chi connectivity index (χ4v) is 2.38. The van der Waals surface area contributed by atoms with Gasteiger partial charge in [-0.15, -0.1) is 0 Å². The number of hydrogen-bond donors (Lipinski definition) is 0. The van der Waals surface area contributed by atoms with Gasteiger partial charge in [0.05, 0.1) is 17.1 Å². The van der Waals surface area contributed by atoms with E-state index in [2.05, 4.69) is 20.9 Å². The van der Waals surface area contributed by atoms with Gasteiger partial charge in [0.25, 0.3) is 5.91 Å². The van der Waals surface area contributed by atoms with Gasteiger partial charge in [-0.3, -0.25) is 4.79 Å². The summed E-state index contributed by atoms with van der Waals surface area (Å²) in [5.74, 6) is -0.461. The fraction of sp³-hybridized carbons (Fsp3) is 0.417. The molecule has 1 aliphatic rings. The minimum absolute atomic E-state index is 0.108. The van der Waals surface area contributed by atoms with Gasteiger partial charge in [-0.1, -0.05) is 11.6 Å². The topological polar surface area (TPSA) is 59.5 Å². The number of hydrogen-bond acceptors (Lipinski definition) is 4. The van der Waals surface area contributed by atoms with E-state index in [-0.39, 0.29) is 11.6 Å². The summed E-state index contributed by atoms with van der Waals surface area (Å²) in [6.07, 6.45) is 0.692. The predicted molar refractivity (Wildman–Crippen MR) is 73.1 cm³/mol. The summed E-state index contributed by atoms with van der Waals surface area (Å²) in [5, 5.41) is 0.231. The quantitative estimate of drug-likeness (QED) is 0.675. The second-order valence-electron chi connectivity index (χ2n) is 5.12. The number of rotatable bonds is 0. The van der Waals surface area contributed by atoms with Crippen LogP contribution < -0.4 is 0 Å². The van der Waals surface area contributed by atoms with Crippen LogP contribution in [0.25, 0.3) is 0 Å². The predicted octanol–water partition coefficient (Wildman–Crippen LogP) is 3.39. The van der Waals surface area contributed by atoms with Crippen molar-refractivity contribution < 1.29 is 14.3 Å². The summed E-state index contributed by atoms with van der Waals surface area (Å²) in [5.41, 5.74) is 0.239. The summed E-state index contributed by atoms with van der Waals surface area (Å²) in [4.78, 5) is 29.2. The number of imide groups is 1. The maximum atomic E-state index is 12.2. The van der Waals surface area contributed by atoms with Crippen LogP contribution in [-0.4, -0.2) is 27.5 Å². The molecule has 0 saturated carbocycles. The molecule has 19 heavy (non-hydrogen) atoms. The van der Waals surface area contributed by atoms with E-state index < -0.39 is 17.6 Å². The Morgan fingerprint density at radius 2 is 2.16 bits per heavy atom. The molecule has 1 aromatic heterocycles. The number of ether oxygens (including phenoxy) is 1. The molecule has 5 nitrogen and oxygen atoms in total. The number of nitrogens with zero attached hydrogens (tertiary/aromatic N) is 2. The van der Waals surface area contributed by atoms with E-state index in [4.69, 9.17) is 16.3 Å². The SMILES string of the molecule is CC(C)(C)OC(=O)N1Cc2c(Br)ncc(Cl)c2C1=O. The number of carbonyl (C=O) groups excluding carboxylic acids is 2. The summed E-state index contributed by atoms with van der Waals surface area (Å²) < 4.78 is 5.70. The summed E-state index contributed by atoms with van der Waals surface area (Å²) >= 11 is 9.20. The number of carbonyl (C=O) groups is 2. The molecule has 0 saturated heterocycles. The Morgan fingerprint density at radius 1 is 1.53 bits per heavy atom. The Morgan fingerprint density at radius 3 is 2.68 bits per heavy atom. The molecule has 0 aliphatic carbocycles. The van der Waals surface area contributed by atoms with Gasteiger partial charge in [0.1, 0.15) is 10.2 Å². The van der Waals surface area contributed by atoms with Gasteiger partial charge in [0.15, 0.2) is 0 Å². The first-order valence-corrected chi connectivity index (χ1v) is 6.75. The molecule has 7 heteroatoms. The van der Waals surface area contributed by atoms with Gasteiger partial charge < -0.3 is 4.74 Å². The molecule has 0 atom stereocenters. The van der Waals surface area contributed by atoms with E-state index in [0.717, 1.165) is 4.90 Å². The van der Waals surface area contributed by atoms with Crippen LogP contribution in [0.2, 0.25) is 5.02 Å². The number of aromatic nitrogens is 1. The molecule has 0 aromatic carbocycles. The third-order valence-electron chi connectivity index (χ3n) is 2.47. The summed E-state index contributed by atoms with van der Waals surface area (Å²) in [6.45, 7) is 5.33. The normalized spacial score (nSPS) is 14.6. The van der Waals surface area contributed by atoms with Crippen molar-refractivity contribution in [2.24, 2.45) is 0 Å². The van der Waals surface area contributed by atoms with Gasteiger partial charge in [-0.2, -0.15) is 0 Å². The van der Waals surface area contributed by atoms with Crippen molar-refractivity contribution in [1.82, 2.24) is 9.88 Å². The Hall–Kier alpha value is -1.14. The Bertz CT molecular complexity index is 569. The number of halogens is 2. The Labute approximate surface area is 124 Å². The summed E-state index contributed by atoms with van der Waals surface area (Å²) in [6, 6.07) is 0. The van der Waals surface area contributed by atoms with Crippen LogP contribution in [0.4, 0.5) is 4.79 Å². The Balaban J connectivity index is 2.32. The van der Waals surface area contributed by atoms with Crippen molar-refractivity contribution in [2.75, 3.05) is 0 Å². The van der Waals surface area contributed by atoms with E-state index in [1.165, 1.54) is 6.20 Å². The van der Waals surface area contributed by atoms with E-state index in [9.17, 15) is 9.59 Å². The zero-order valence-electron chi connectivity index (χ0n) is 10.7. The molecular formula is C12H12BrClN2O3. The molecular weight excluding hydrogens is 336 g/mol. The molecule has 0 radical (unpaired) electrons. The molecule has 0 unspecified atom stereocenters. The largest absolute Gasteiger partial charge is 0.443 e. The fourth-order valence-electron chi connectivity index (χ4n) is 1.71. The van der Waals surface area contributed by atoms with Gasteiger partial charge in [-0.25, -0.2) is 14.7 Å². The van der Waals surface area contributed by atoms with Crippen LogP contribution in [0.1, 0.15) is 36.7 Å². The lowest BCUT2D eigenvalue weighted by molar-refractivity contribution is 0.0248. The maximum Gasteiger partial charge on any atom is 0.417 e. The zero-order valence-corrected chi connectivity index (χ0v) is 13.0. The lowest BCUT2D eigenvalue weighted by atomic mass is 10.2. The van der Waals surface area contributed by atoms with Gasteiger partial charge in [-0.05, 0) is 36.7 Å². The first-order valence-electron chi connectivity index (χ1n) is 5.58.